The lowest BCUT2D eigenvalue weighted by molar-refractivity contribution is -0.183. The molecule has 0 bridgehead atoms. The predicted molar refractivity (Wildman–Crippen MR) is 201 cm³/mol. The van der Waals surface area contributed by atoms with E-state index in [1.54, 1.807) is 19.2 Å². The van der Waals surface area contributed by atoms with E-state index in [9.17, 15) is 13.6 Å². The Balaban J connectivity index is 0.000000167. The highest BCUT2D eigenvalue weighted by molar-refractivity contribution is 5.83. The third kappa shape index (κ3) is 11.3. The van der Waals surface area contributed by atoms with E-state index < -0.39 is 18.5 Å². The van der Waals surface area contributed by atoms with Gasteiger partial charge in [-0.1, -0.05) is 48.5 Å². The lowest BCUT2D eigenvalue weighted by atomic mass is 10.1. The van der Waals surface area contributed by atoms with E-state index in [-0.39, 0.29) is 17.5 Å². The molecule has 4 heterocycles. The molecular formula is C42H43F2NO10. The number of aliphatic carboxylic acids is 1. The molecule has 0 atom stereocenters. The summed E-state index contributed by atoms with van der Waals surface area (Å²) in [6.45, 7) is 5.06. The number of amides is 1. The van der Waals surface area contributed by atoms with Crippen molar-refractivity contribution in [2.45, 2.75) is 39.3 Å². The van der Waals surface area contributed by atoms with Gasteiger partial charge < -0.3 is 32.9 Å². The molecule has 2 saturated heterocycles. The van der Waals surface area contributed by atoms with Crippen molar-refractivity contribution in [3.63, 3.8) is 0 Å². The molecule has 0 unspecified atom stereocenters. The predicted octanol–water partition coefficient (Wildman–Crippen LogP) is 9.47. The zero-order valence-corrected chi connectivity index (χ0v) is 31.0. The Hall–Kier alpha value is -5.44. The van der Waals surface area contributed by atoms with Crippen LogP contribution < -0.4 is 0 Å². The second kappa shape index (κ2) is 19.8. The van der Waals surface area contributed by atoms with E-state index in [1.807, 2.05) is 72.8 Å². The molecule has 4 aromatic carbocycles. The second-order valence-electron chi connectivity index (χ2n) is 12.3. The number of para-hydroxylation sites is 2. The number of hydrogen-bond acceptors (Lipinski definition) is 9. The van der Waals surface area contributed by atoms with Crippen LogP contribution in [0.1, 0.15) is 50.4 Å². The first kappa shape index (κ1) is 40.7. The van der Waals surface area contributed by atoms with Gasteiger partial charge in [0, 0.05) is 42.8 Å². The average Bonchev–Trinajstić information content (AvgIpc) is 3.83. The summed E-state index contributed by atoms with van der Waals surface area (Å²) in [5, 5.41) is 10.5. The Bertz CT molecular complexity index is 1960. The van der Waals surface area contributed by atoms with Crippen molar-refractivity contribution < 1.29 is 56.1 Å². The van der Waals surface area contributed by atoms with Crippen LogP contribution in [0.5, 0.6) is 0 Å². The molecule has 1 amide bonds. The van der Waals surface area contributed by atoms with E-state index in [4.69, 9.17) is 37.7 Å². The van der Waals surface area contributed by atoms with Crippen molar-refractivity contribution >= 4 is 33.8 Å². The van der Waals surface area contributed by atoms with Crippen LogP contribution in [0.3, 0.4) is 0 Å². The van der Waals surface area contributed by atoms with Crippen LogP contribution in [0.2, 0.25) is 0 Å². The first-order valence-corrected chi connectivity index (χ1v) is 17.5. The van der Waals surface area contributed by atoms with Gasteiger partial charge in [-0.3, -0.25) is 14.4 Å². The van der Waals surface area contributed by atoms with E-state index in [2.05, 4.69) is 4.84 Å². The fourth-order valence-corrected chi connectivity index (χ4v) is 5.47. The lowest BCUT2D eigenvalue weighted by Crippen LogP contribution is -2.21. The number of carboxylic acids is 1. The average molecular weight is 760 g/mol. The van der Waals surface area contributed by atoms with Crippen LogP contribution in [0.4, 0.5) is 8.78 Å². The summed E-state index contributed by atoms with van der Waals surface area (Å²) in [5.74, 6) is -0.558. The Morgan fingerprint density at radius 1 is 0.655 bits per heavy atom. The number of hydroxylamine groups is 2. The maximum Gasteiger partial charge on any atom is 0.300 e. The normalized spacial score (nSPS) is 14.5. The number of benzene rings is 4. The quantitative estimate of drug-likeness (QED) is 0.170. The molecule has 11 nitrogen and oxygen atoms in total. The molecule has 290 valence electrons. The Morgan fingerprint density at radius 2 is 1.04 bits per heavy atom. The molecule has 6 aromatic rings. The summed E-state index contributed by atoms with van der Waals surface area (Å²) in [6.07, 6.45) is 0.785. The van der Waals surface area contributed by atoms with Crippen LogP contribution in [0, 0.1) is 11.6 Å². The molecule has 0 spiro atoms. The van der Waals surface area contributed by atoms with Crippen molar-refractivity contribution in [1.29, 1.82) is 0 Å². The number of carbonyl (C=O) groups is 2. The standard InChI is InChI=1S/2C18H15FO3.C4H9NO2.C2H4O2/c2*19-15-10-13(18-20-8-3-9-21-18)6-7-14(15)17-11-12-4-1-2-5-16(12)22-17;1-4(6)5(2)7-3;1-2(3)4/h2*1-2,4-7,10-11,18H,3,8-9H2;1-3H3;1H3,(H,3,4). The molecule has 8 rings (SSSR count). The number of carbonyl (C=O) groups excluding carboxylic acids is 1. The van der Waals surface area contributed by atoms with Gasteiger partial charge in [-0.25, -0.2) is 13.8 Å². The van der Waals surface area contributed by atoms with Gasteiger partial charge in [-0.2, -0.15) is 0 Å². The maximum atomic E-state index is 14.4. The highest BCUT2D eigenvalue weighted by Crippen LogP contribution is 2.34. The Labute approximate surface area is 316 Å². The summed E-state index contributed by atoms with van der Waals surface area (Å²) in [6, 6.07) is 29.0. The van der Waals surface area contributed by atoms with Gasteiger partial charge in [0.15, 0.2) is 12.6 Å². The first-order chi connectivity index (χ1) is 26.5. The Morgan fingerprint density at radius 3 is 1.35 bits per heavy atom. The molecule has 13 heteroatoms. The van der Waals surface area contributed by atoms with Crippen molar-refractivity contribution in [1.82, 2.24) is 5.06 Å². The number of hydrogen-bond donors (Lipinski definition) is 1. The smallest absolute Gasteiger partial charge is 0.300 e. The fraction of sp³-hybridized carbons (Fsp3) is 0.286. The molecule has 0 saturated carbocycles. The topological polar surface area (TPSA) is 130 Å². The number of fused-ring (bicyclic) bond motifs is 2. The van der Waals surface area contributed by atoms with Gasteiger partial charge in [0.2, 0.25) is 5.91 Å². The largest absolute Gasteiger partial charge is 0.481 e. The van der Waals surface area contributed by atoms with Gasteiger partial charge >= 0.3 is 0 Å². The van der Waals surface area contributed by atoms with Gasteiger partial charge in [0.05, 0.1) is 44.7 Å². The summed E-state index contributed by atoms with van der Waals surface area (Å²) in [7, 11) is 3.00. The van der Waals surface area contributed by atoms with Crippen molar-refractivity contribution in [2.75, 3.05) is 40.6 Å². The SMILES string of the molecule is CC(=O)O.CON(C)C(C)=O.Fc1cc(C2OCCCO2)ccc1-c1cc2ccccc2o1.Fc1cc(C2OCCCO2)ccc1-c1cc2ccccc2o1. The summed E-state index contributed by atoms with van der Waals surface area (Å²) in [5.41, 5.74) is 3.76. The number of halogens is 2. The van der Waals surface area contributed by atoms with Gasteiger partial charge in [-0.15, -0.1) is 0 Å². The maximum absolute atomic E-state index is 14.4. The van der Waals surface area contributed by atoms with Crippen LogP contribution >= 0.6 is 0 Å². The zero-order chi connectivity index (χ0) is 39.3. The van der Waals surface area contributed by atoms with Crippen LogP contribution in [0.25, 0.3) is 44.6 Å². The summed E-state index contributed by atoms with van der Waals surface area (Å²) < 4.78 is 62.3. The van der Waals surface area contributed by atoms with E-state index in [0.29, 0.717) is 60.2 Å². The molecule has 0 aliphatic carbocycles. The molecule has 2 fully saturated rings. The highest BCUT2D eigenvalue weighted by atomic mass is 19.1. The van der Waals surface area contributed by atoms with E-state index in [0.717, 1.165) is 46.8 Å². The third-order valence-corrected chi connectivity index (χ3v) is 8.28. The minimum absolute atomic E-state index is 0.0949. The van der Waals surface area contributed by atoms with Gasteiger partial charge in [0.25, 0.3) is 5.97 Å². The molecule has 2 aromatic heterocycles. The molecule has 2 aliphatic rings. The number of furan rings is 2. The minimum Gasteiger partial charge on any atom is -0.481 e. The molecule has 2 aliphatic heterocycles. The first-order valence-electron chi connectivity index (χ1n) is 17.5. The second-order valence-corrected chi connectivity index (χ2v) is 12.3. The highest BCUT2D eigenvalue weighted by Gasteiger charge is 2.21. The van der Waals surface area contributed by atoms with Crippen LogP contribution in [0.15, 0.2) is 106 Å². The van der Waals surface area contributed by atoms with E-state index in [1.165, 1.54) is 26.2 Å². The number of rotatable bonds is 5. The Kier molecular flexibility index (Phi) is 14.6. The molecule has 55 heavy (non-hydrogen) atoms. The van der Waals surface area contributed by atoms with E-state index >= 15 is 0 Å². The number of ether oxygens (including phenoxy) is 4. The zero-order valence-electron chi connectivity index (χ0n) is 31.0. The minimum atomic E-state index is -0.833. The molecule has 1 N–H and O–H groups in total. The fourth-order valence-electron chi connectivity index (χ4n) is 5.47. The lowest BCUT2D eigenvalue weighted by Gasteiger charge is -2.23. The summed E-state index contributed by atoms with van der Waals surface area (Å²) in [4.78, 5) is 23.7. The number of carboxylic acid groups (broad SMARTS) is 1. The van der Waals surface area contributed by atoms with Crippen LogP contribution in [-0.2, 0) is 33.4 Å². The van der Waals surface area contributed by atoms with Crippen molar-refractivity contribution in [3.05, 3.63) is 120 Å². The van der Waals surface area contributed by atoms with Crippen molar-refractivity contribution in [3.8, 4) is 22.6 Å². The van der Waals surface area contributed by atoms with Gasteiger partial charge in [0.1, 0.15) is 34.3 Å². The summed E-state index contributed by atoms with van der Waals surface area (Å²) >= 11 is 0. The number of nitrogens with zero attached hydrogens (tertiary/aromatic N) is 1. The van der Waals surface area contributed by atoms with Crippen molar-refractivity contribution in [2.24, 2.45) is 0 Å². The molecular weight excluding hydrogens is 716 g/mol. The van der Waals surface area contributed by atoms with Crippen LogP contribution in [-0.4, -0.2) is 62.6 Å². The van der Waals surface area contributed by atoms with Gasteiger partial charge in [-0.05, 0) is 61.4 Å². The third-order valence-electron chi connectivity index (χ3n) is 8.28. The monoisotopic (exact) mass is 759 g/mol. The molecule has 0 radical (unpaired) electrons.